The highest BCUT2D eigenvalue weighted by Crippen LogP contribution is 2.40. The molecule has 1 heterocycles. The minimum atomic E-state index is -0.450. The van der Waals surface area contributed by atoms with Gasteiger partial charge in [0, 0.05) is 4.88 Å². The van der Waals surface area contributed by atoms with Gasteiger partial charge in [0.15, 0.2) is 0 Å². The molecule has 0 aliphatic heterocycles. The summed E-state index contributed by atoms with van der Waals surface area (Å²) < 4.78 is 0. The number of thiophene rings is 1. The molecule has 1 aromatic rings. The maximum atomic E-state index is 12.4. The molecule has 1 saturated carbocycles. The van der Waals surface area contributed by atoms with Gasteiger partial charge in [0.2, 0.25) is 0 Å². The Balaban J connectivity index is 1.74. The molecule has 2 atom stereocenters. The lowest BCUT2D eigenvalue weighted by Gasteiger charge is -2.28. The quantitative estimate of drug-likeness (QED) is 0.897. The smallest absolute Gasteiger partial charge is 0.261 e. The van der Waals surface area contributed by atoms with Crippen LogP contribution in [0.5, 0.6) is 0 Å². The molecule has 0 radical (unpaired) electrons. The number of amides is 1. The van der Waals surface area contributed by atoms with Crippen molar-refractivity contribution in [1.82, 2.24) is 5.32 Å². The molecule has 1 amide bonds. The van der Waals surface area contributed by atoms with E-state index in [1.54, 1.807) is 11.3 Å². The first-order valence-corrected chi connectivity index (χ1v) is 8.38. The molecule has 2 aliphatic rings. The predicted molar refractivity (Wildman–Crippen MR) is 81.2 cm³/mol. The number of carbonyl (C=O) groups is 1. The topological polar surface area (TPSA) is 49.3 Å². The molecular formula is C16H23NO2S. The first-order valence-electron chi connectivity index (χ1n) is 7.57. The van der Waals surface area contributed by atoms with E-state index in [9.17, 15) is 9.90 Å². The molecule has 110 valence electrons. The minimum absolute atomic E-state index is 0.0134. The molecule has 1 aromatic heterocycles. The lowest BCUT2D eigenvalue weighted by Crippen LogP contribution is -2.50. The first kappa shape index (κ1) is 14.1. The summed E-state index contributed by atoms with van der Waals surface area (Å²) in [6.07, 6.45) is 5.64. The molecule has 1 fully saturated rings. The van der Waals surface area contributed by atoms with Gasteiger partial charge < -0.3 is 10.4 Å². The Morgan fingerprint density at radius 2 is 2.25 bits per heavy atom. The summed E-state index contributed by atoms with van der Waals surface area (Å²) in [7, 11) is 0. The van der Waals surface area contributed by atoms with E-state index in [-0.39, 0.29) is 12.5 Å². The average Bonchev–Trinajstić information content (AvgIpc) is 3.19. The second-order valence-corrected chi connectivity index (χ2v) is 7.85. The molecule has 0 saturated heterocycles. The van der Waals surface area contributed by atoms with E-state index < -0.39 is 5.54 Å². The van der Waals surface area contributed by atoms with E-state index in [1.165, 1.54) is 16.9 Å². The largest absolute Gasteiger partial charge is 0.394 e. The summed E-state index contributed by atoms with van der Waals surface area (Å²) in [4.78, 5) is 14.6. The number of fused-ring (bicyclic) bond motifs is 1. The normalized spacial score (nSPS) is 24.9. The molecule has 0 bridgehead atoms. The van der Waals surface area contributed by atoms with Crippen LogP contribution in [0.1, 0.15) is 53.2 Å². The van der Waals surface area contributed by atoms with Crippen LogP contribution in [0.3, 0.4) is 0 Å². The number of aryl methyl sites for hydroxylation is 1. The fraction of sp³-hybridized carbons (Fsp3) is 0.688. The van der Waals surface area contributed by atoms with Gasteiger partial charge in [-0.05, 0) is 62.5 Å². The Bertz CT molecular complexity index is 521. The molecule has 20 heavy (non-hydrogen) atoms. The average molecular weight is 293 g/mol. The summed E-state index contributed by atoms with van der Waals surface area (Å²) in [6.45, 7) is 4.25. The standard InChI is InChI=1S/C16H23NO2S/c1-10-3-6-13-11(7-10)8-14(20-13)15(19)17-16(2,9-18)12-4-5-12/h8,10,12,18H,3-7,9H2,1-2H3,(H,17,19). The van der Waals surface area contributed by atoms with Crippen molar-refractivity contribution < 1.29 is 9.90 Å². The summed E-state index contributed by atoms with van der Waals surface area (Å²) in [5.74, 6) is 1.15. The van der Waals surface area contributed by atoms with Crippen molar-refractivity contribution in [3.05, 3.63) is 21.4 Å². The fourth-order valence-corrected chi connectivity index (χ4v) is 4.23. The van der Waals surface area contributed by atoms with Crippen LogP contribution < -0.4 is 5.32 Å². The zero-order valence-corrected chi connectivity index (χ0v) is 13.1. The molecule has 0 aromatic carbocycles. The molecule has 2 aliphatic carbocycles. The highest BCUT2D eigenvalue weighted by atomic mass is 32.1. The van der Waals surface area contributed by atoms with Gasteiger partial charge in [-0.25, -0.2) is 0 Å². The van der Waals surface area contributed by atoms with Crippen molar-refractivity contribution in [3.8, 4) is 0 Å². The van der Waals surface area contributed by atoms with Crippen molar-refractivity contribution in [2.75, 3.05) is 6.61 Å². The minimum Gasteiger partial charge on any atom is -0.394 e. The fourth-order valence-electron chi connectivity index (χ4n) is 3.13. The van der Waals surface area contributed by atoms with Crippen molar-refractivity contribution in [2.24, 2.45) is 11.8 Å². The summed E-state index contributed by atoms with van der Waals surface area (Å²) in [5.41, 5.74) is 0.908. The zero-order chi connectivity index (χ0) is 14.3. The van der Waals surface area contributed by atoms with Crippen LogP contribution in [-0.2, 0) is 12.8 Å². The van der Waals surface area contributed by atoms with Crippen LogP contribution in [0.4, 0.5) is 0 Å². The Kier molecular flexibility index (Phi) is 3.63. The van der Waals surface area contributed by atoms with E-state index in [2.05, 4.69) is 18.3 Å². The number of hydrogen-bond donors (Lipinski definition) is 2. The van der Waals surface area contributed by atoms with Crippen molar-refractivity contribution in [3.63, 3.8) is 0 Å². The Morgan fingerprint density at radius 3 is 2.90 bits per heavy atom. The molecule has 3 nitrogen and oxygen atoms in total. The van der Waals surface area contributed by atoms with Crippen LogP contribution in [0.25, 0.3) is 0 Å². The van der Waals surface area contributed by atoms with Crippen molar-refractivity contribution >= 4 is 17.2 Å². The van der Waals surface area contributed by atoms with Crippen LogP contribution in [0.2, 0.25) is 0 Å². The zero-order valence-electron chi connectivity index (χ0n) is 12.2. The van der Waals surface area contributed by atoms with E-state index in [0.29, 0.717) is 5.92 Å². The lowest BCUT2D eigenvalue weighted by atomic mass is 9.90. The first-order chi connectivity index (χ1) is 9.51. The SMILES string of the molecule is CC1CCc2sc(C(=O)NC(C)(CO)C3CC3)cc2C1. The highest BCUT2D eigenvalue weighted by molar-refractivity contribution is 7.14. The van der Waals surface area contributed by atoms with Gasteiger partial charge in [-0.2, -0.15) is 0 Å². The number of aliphatic hydroxyl groups excluding tert-OH is 1. The molecule has 4 heteroatoms. The monoisotopic (exact) mass is 293 g/mol. The number of nitrogens with one attached hydrogen (secondary N) is 1. The van der Waals surface area contributed by atoms with Crippen LogP contribution in [-0.4, -0.2) is 23.2 Å². The van der Waals surface area contributed by atoms with Gasteiger partial charge in [-0.3, -0.25) is 4.79 Å². The van der Waals surface area contributed by atoms with Gasteiger partial charge in [-0.1, -0.05) is 6.92 Å². The van der Waals surface area contributed by atoms with Gasteiger partial charge in [0.05, 0.1) is 17.0 Å². The third-order valence-corrected chi connectivity index (χ3v) is 5.99. The number of rotatable bonds is 4. The number of hydrogen-bond acceptors (Lipinski definition) is 3. The molecular weight excluding hydrogens is 270 g/mol. The second kappa shape index (κ2) is 5.15. The molecule has 3 rings (SSSR count). The van der Waals surface area contributed by atoms with E-state index in [4.69, 9.17) is 0 Å². The van der Waals surface area contributed by atoms with Crippen LogP contribution in [0, 0.1) is 11.8 Å². The summed E-state index contributed by atoms with van der Waals surface area (Å²) >= 11 is 1.64. The third-order valence-electron chi connectivity index (χ3n) is 4.76. The Labute approximate surface area is 124 Å². The van der Waals surface area contributed by atoms with Gasteiger partial charge in [0.1, 0.15) is 0 Å². The van der Waals surface area contributed by atoms with Gasteiger partial charge in [0.25, 0.3) is 5.91 Å². The van der Waals surface area contributed by atoms with Crippen LogP contribution >= 0.6 is 11.3 Å². The summed E-state index contributed by atoms with van der Waals surface area (Å²) in [5, 5.41) is 12.6. The van der Waals surface area contributed by atoms with Gasteiger partial charge in [-0.15, -0.1) is 11.3 Å². The van der Waals surface area contributed by atoms with E-state index >= 15 is 0 Å². The predicted octanol–water partition coefficient (Wildman–Crippen LogP) is 2.76. The maximum absolute atomic E-state index is 12.4. The second-order valence-electron chi connectivity index (χ2n) is 6.71. The summed E-state index contributed by atoms with van der Waals surface area (Å²) in [6, 6.07) is 2.07. The Morgan fingerprint density at radius 1 is 1.50 bits per heavy atom. The number of carbonyl (C=O) groups excluding carboxylic acids is 1. The third kappa shape index (κ3) is 2.63. The van der Waals surface area contributed by atoms with E-state index in [0.717, 1.165) is 36.5 Å². The maximum Gasteiger partial charge on any atom is 0.261 e. The number of aliphatic hydroxyl groups is 1. The van der Waals surface area contributed by atoms with Gasteiger partial charge >= 0.3 is 0 Å². The lowest BCUT2D eigenvalue weighted by molar-refractivity contribution is 0.0828. The molecule has 2 unspecified atom stereocenters. The van der Waals surface area contributed by atoms with Crippen LogP contribution in [0.15, 0.2) is 6.07 Å². The highest BCUT2D eigenvalue weighted by Gasteiger charge is 2.42. The van der Waals surface area contributed by atoms with E-state index in [1.807, 2.05) is 6.92 Å². The Hall–Kier alpha value is -0.870. The molecule has 2 N–H and O–H groups in total. The van der Waals surface area contributed by atoms with Crippen molar-refractivity contribution in [1.29, 1.82) is 0 Å². The molecule has 0 spiro atoms. The van der Waals surface area contributed by atoms with Crippen molar-refractivity contribution in [2.45, 2.75) is 51.5 Å².